The molecule has 2 aromatic carbocycles. The molecule has 2 saturated carbocycles. The lowest BCUT2D eigenvalue weighted by molar-refractivity contribution is -0.137. The highest BCUT2D eigenvalue weighted by atomic mass is 32.2. The smallest absolute Gasteiger partial charge is 0.330 e. The van der Waals surface area contributed by atoms with Crippen molar-refractivity contribution in [2.45, 2.75) is 94.8 Å². The molecule has 19 heteroatoms. The second-order valence-corrected chi connectivity index (χ2v) is 20.4. The summed E-state index contributed by atoms with van der Waals surface area (Å²) in [6.45, 7) is 10.1. The normalized spacial score (nSPS) is 19.8. The van der Waals surface area contributed by atoms with Gasteiger partial charge in [0.15, 0.2) is 22.6 Å². The minimum Gasteiger partial charge on any atom is -0.463 e. The standard InChI is InChI=1S/C25H27N5O4S.C21H21N5O3S/c1-4-18-12-17(14-23(31)34-5-2)13-20(18)24-28-27-22-15-26-25-21(30(22)24)10-11-29(25)35(32,33)19-8-6-16(3)7-9-19;1-3-14-10-15(27)11-17(14)20-24-23-19-12-22-21-18(26(19)20)8-9-25(21)30(28,29)16-6-4-13(2)5-7-16/h6-11,14-15,18,20H,4-5,12-13H2,1-3H3;4-9,12,14,17H,3,10-11H2,1-2H3/t18-,20+;14-,17+/m11/s1. The lowest BCUT2D eigenvalue weighted by atomic mass is 9.93. The number of ether oxygens (including phenoxy) is 1. The summed E-state index contributed by atoms with van der Waals surface area (Å²) in [5.41, 5.74) is 5.93. The van der Waals surface area contributed by atoms with Crippen molar-refractivity contribution in [3.8, 4) is 0 Å². The van der Waals surface area contributed by atoms with Gasteiger partial charge in [-0.25, -0.2) is 39.5 Å². The van der Waals surface area contributed by atoms with Gasteiger partial charge in [-0.1, -0.05) is 67.7 Å². The number of benzene rings is 2. The Morgan fingerprint density at radius 1 is 0.646 bits per heavy atom. The molecular weight excluding hydrogens is 869 g/mol. The highest BCUT2D eigenvalue weighted by Crippen LogP contribution is 2.44. The van der Waals surface area contributed by atoms with Gasteiger partial charge in [0.05, 0.1) is 39.8 Å². The molecule has 0 radical (unpaired) electrons. The van der Waals surface area contributed by atoms with Gasteiger partial charge >= 0.3 is 5.97 Å². The third-order valence-electron chi connectivity index (χ3n) is 12.7. The number of aryl methyl sites for hydroxylation is 2. The van der Waals surface area contributed by atoms with Crippen LogP contribution in [0.25, 0.3) is 33.6 Å². The first kappa shape index (κ1) is 43.6. The Labute approximate surface area is 375 Å². The summed E-state index contributed by atoms with van der Waals surface area (Å²) in [5, 5.41) is 17.4. The van der Waals surface area contributed by atoms with Crippen molar-refractivity contribution < 1.29 is 31.2 Å². The summed E-state index contributed by atoms with van der Waals surface area (Å²) in [6.07, 6.45) is 11.9. The molecule has 4 atom stereocenters. The Bertz CT molecular complexity index is 3390. The Balaban J connectivity index is 0.000000166. The Morgan fingerprint density at radius 3 is 1.57 bits per heavy atom. The average Bonchev–Trinajstić information content (AvgIpc) is 4.15. The maximum absolute atomic E-state index is 13.4. The van der Waals surface area contributed by atoms with Crippen molar-refractivity contribution in [1.29, 1.82) is 0 Å². The van der Waals surface area contributed by atoms with Gasteiger partial charge in [0, 0.05) is 43.1 Å². The number of hydrogen-bond acceptors (Lipinski definition) is 13. The highest BCUT2D eigenvalue weighted by molar-refractivity contribution is 7.90. The molecule has 0 amide bonds. The molecule has 2 fully saturated rings. The third kappa shape index (κ3) is 7.79. The average molecular weight is 917 g/mol. The molecule has 10 rings (SSSR count). The van der Waals surface area contributed by atoms with Crippen molar-refractivity contribution in [3.05, 3.63) is 120 Å². The largest absolute Gasteiger partial charge is 0.463 e. The maximum atomic E-state index is 13.4. The number of ketones is 1. The van der Waals surface area contributed by atoms with E-state index in [4.69, 9.17) is 4.74 Å². The van der Waals surface area contributed by atoms with Gasteiger partial charge < -0.3 is 4.74 Å². The number of aromatic nitrogens is 10. The Kier molecular flexibility index (Phi) is 11.5. The van der Waals surface area contributed by atoms with Gasteiger partial charge in [-0.15, -0.1) is 20.4 Å². The molecule has 65 heavy (non-hydrogen) atoms. The molecule has 8 aromatic rings. The number of rotatable bonds is 10. The van der Waals surface area contributed by atoms with Gasteiger partial charge in [-0.05, 0) is 81.8 Å². The second kappa shape index (κ2) is 17.1. The first-order valence-corrected chi connectivity index (χ1v) is 24.6. The van der Waals surface area contributed by atoms with E-state index in [1.54, 1.807) is 79.9 Å². The van der Waals surface area contributed by atoms with Crippen LogP contribution in [0.3, 0.4) is 0 Å². The molecule has 0 unspecified atom stereocenters. The van der Waals surface area contributed by atoms with Crippen LogP contribution < -0.4 is 0 Å². The fraction of sp³-hybridized carbons (Fsp3) is 0.348. The van der Waals surface area contributed by atoms with Crippen LogP contribution in [-0.4, -0.2) is 82.3 Å². The number of carbonyl (C=O) groups excluding carboxylic acids is 2. The van der Waals surface area contributed by atoms with Crippen LogP contribution in [0.5, 0.6) is 0 Å². The van der Waals surface area contributed by atoms with E-state index < -0.39 is 20.0 Å². The van der Waals surface area contributed by atoms with Gasteiger partial charge in [-0.2, -0.15) is 0 Å². The van der Waals surface area contributed by atoms with Crippen LogP contribution in [0.4, 0.5) is 0 Å². The zero-order valence-electron chi connectivity index (χ0n) is 36.6. The summed E-state index contributed by atoms with van der Waals surface area (Å²) in [5.74, 6) is 1.86. The Hall–Kier alpha value is -6.60. The van der Waals surface area contributed by atoms with Gasteiger partial charge in [0.25, 0.3) is 20.0 Å². The lowest BCUT2D eigenvalue weighted by Gasteiger charge is -2.16. The van der Waals surface area contributed by atoms with Crippen LogP contribution in [-0.2, 0) is 34.4 Å². The second-order valence-electron chi connectivity index (χ2n) is 16.8. The van der Waals surface area contributed by atoms with Gasteiger partial charge in [0.2, 0.25) is 0 Å². The van der Waals surface area contributed by atoms with E-state index in [0.29, 0.717) is 65.3 Å². The molecule has 0 N–H and O–H groups in total. The predicted molar refractivity (Wildman–Crippen MR) is 241 cm³/mol. The molecule has 0 bridgehead atoms. The van der Waals surface area contributed by atoms with E-state index >= 15 is 0 Å². The van der Waals surface area contributed by atoms with Crippen molar-refractivity contribution in [1.82, 2.24) is 47.1 Å². The number of allylic oxidation sites excluding steroid dienone is 1. The monoisotopic (exact) mass is 916 g/mol. The van der Waals surface area contributed by atoms with Crippen LogP contribution >= 0.6 is 0 Å². The summed E-state index contributed by atoms with van der Waals surface area (Å²) >= 11 is 0. The number of esters is 1. The third-order valence-corrected chi connectivity index (χ3v) is 16.0. The topological polar surface area (TPSA) is 208 Å². The summed E-state index contributed by atoms with van der Waals surface area (Å²) in [6, 6.07) is 16.9. The van der Waals surface area contributed by atoms with Crippen LogP contribution in [0.15, 0.2) is 107 Å². The summed E-state index contributed by atoms with van der Waals surface area (Å²) in [4.78, 5) is 33.3. The Morgan fingerprint density at radius 2 is 1.11 bits per heavy atom. The van der Waals surface area contributed by atoms with Crippen molar-refractivity contribution >= 4 is 65.4 Å². The molecule has 0 saturated heterocycles. The van der Waals surface area contributed by atoms with Crippen LogP contribution in [0.1, 0.15) is 93.9 Å². The summed E-state index contributed by atoms with van der Waals surface area (Å²) < 4.78 is 64.4. The molecule has 2 aliphatic rings. The molecule has 2 aliphatic carbocycles. The predicted octanol–water partition coefficient (Wildman–Crippen LogP) is 7.11. The number of nitrogens with zero attached hydrogens (tertiary/aromatic N) is 10. The van der Waals surface area contributed by atoms with E-state index in [1.807, 2.05) is 22.6 Å². The molecule has 0 aliphatic heterocycles. The number of fused-ring (bicyclic) bond motifs is 6. The van der Waals surface area contributed by atoms with Crippen molar-refractivity contribution in [3.63, 3.8) is 0 Å². The molecular formula is C46H48N10O7S2. The number of carbonyl (C=O) groups is 2. The fourth-order valence-electron chi connectivity index (χ4n) is 9.29. The fourth-order valence-corrected chi connectivity index (χ4v) is 11.9. The first-order valence-electron chi connectivity index (χ1n) is 21.7. The number of Topliss-reactive ketones (excluding diaryl/α,β-unsaturated/α-hetero) is 1. The SMILES string of the molecule is CCOC(=O)C=C1C[C@@H](CC)[C@@H](c2nnc3cnc4c(ccn4S(=O)(=O)c4ccc(C)cc4)n23)C1.CC[C@@H]1CC(=O)C[C@@H]1c1nnc2cnc3c(ccn3S(=O)(=O)c3ccc(C)cc3)n12. The zero-order valence-corrected chi connectivity index (χ0v) is 38.2. The van der Waals surface area contributed by atoms with Gasteiger partial charge in [-0.3, -0.25) is 13.6 Å². The van der Waals surface area contributed by atoms with E-state index in [0.717, 1.165) is 41.8 Å². The molecule has 6 aromatic heterocycles. The minimum atomic E-state index is -3.83. The molecule has 336 valence electrons. The van der Waals surface area contributed by atoms with E-state index in [1.165, 1.54) is 26.5 Å². The lowest BCUT2D eigenvalue weighted by Crippen LogP contribution is -2.13. The van der Waals surface area contributed by atoms with Crippen molar-refractivity contribution in [2.75, 3.05) is 6.61 Å². The number of hydrogen-bond donors (Lipinski definition) is 0. The summed E-state index contributed by atoms with van der Waals surface area (Å²) in [7, 11) is -7.63. The van der Waals surface area contributed by atoms with Crippen molar-refractivity contribution in [2.24, 2.45) is 11.8 Å². The van der Waals surface area contributed by atoms with E-state index in [9.17, 15) is 26.4 Å². The van der Waals surface area contributed by atoms with E-state index in [-0.39, 0.29) is 45.2 Å². The minimum absolute atomic E-state index is 0.0276. The molecule has 0 spiro atoms. The maximum Gasteiger partial charge on any atom is 0.330 e. The quantitative estimate of drug-likeness (QED) is 0.0991. The van der Waals surface area contributed by atoms with Crippen LogP contribution in [0.2, 0.25) is 0 Å². The van der Waals surface area contributed by atoms with Crippen LogP contribution in [0, 0.1) is 25.7 Å². The molecule has 6 heterocycles. The van der Waals surface area contributed by atoms with Gasteiger partial charge in [0.1, 0.15) is 17.4 Å². The highest BCUT2D eigenvalue weighted by Gasteiger charge is 2.37. The molecule has 17 nitrogen and oxygen atoms in total. The van der Waals surface area contributed by atoms with E-state index in [2.05, 4.69) is 44.2 Å². The first-order chi connectivity index (χ1) is 31.2. The zero-order chi connectivity index (χ0) is 45.8.